The summed E-state index contributed by atoms with van der Waals surface area (Å²) in [6.07, 6.45) is 13.2. The summed E-state index contributed by atoms with van der Waals surface area (Å²) < 4.78 is 0. The van der Waals surface area contributed by atoms with Crippen LogP contribution in [0.2, 0.25) is 0 Å². The molecule has 0 radical (unpaired) electrons. The predicted octanol–water partition coefficient (Wildman–Crippen LogP) is 2.84. The van der Waals surface area contributed by atoms with Gasteiger partial charge in [-0.15, -0.1) is 0 Å². The summed E-state index contributed by atoms with van der Waals surface area (Å²) in [6.45, 7) is 2.05. The Labute approximate surface area is 56.6 Å². The maximum Gasteiger partial charge on any atom is -0.0244 e. The molecule has 48 valence electrons. The summed E-state index contributed by atoms with van der Waals surface area (Å²) in [5.74, 6) is 0. The molecule has 0 aromatic rings. The minimum absolute atomic E-state index is 1.20. The van der Waals surface area contributed by atoms with Gasteiger partial charge in [0.15, 0.2) is 0 Å². The van der Waals surface area contributed by atoms with Crippen LogP contribution in [0.15, 0.2) is 36.0 Å². The molecule has 9 heavy (non-hydrogen) atoms. The van der Waals surface area contributed by atoms with E-state index in [1.54, 1.807) is 0 Å². The molecule has 0 bridgehead atoms. The van der Waals surface area contributed by atoms with Gasteiger partial charge in [-0.1, -0.05) is 30.4 Å². The van der Waals surface area contributed by atoms with Crippen molar-refractivity contribution in [2.45, 2.75) is 19.8 Å². The van der Waals surface area contributed by atoms with E-state index in [0.717, 1.165) is 0 Å². The second kappa shape index (κ2) is 3.29. The molecule has 0 N–H and O–H groups in total. The third kappa shape index (κ3) is 1.88. The molecule has 0 aliphatic heterocycles. The molecule has 1 aliphatic carbocycles. The van der Waals surface area contributed by atoms with Crippen LogP contribution in [-0.2, 0) is 0 Å². The molecule has 0 spiro atoms. The van der Waals surface area contributed by atoms with Gasteiger partial charge in [-0.2, -0.15) is 0 Å². The topological polar surface area (TPSA) is 0 Å². The van der Waals surface area contributed by atoms with Crippen LogP contribution < -0.4 is 0 Å². The number of hydrogen-bond donors (Lipinski definition) is 0. The number of rotatable bonds is 1. The van der Waals surface area contributed by atoms with E-state index in [1.165, 1.54) is 18.4 Å². The predicted molar refractivity (Wildman–Crippen MR) is 41.3 cm³/mol. The summed E-state index contributed by atoms with van der Waals surface area (Å²) in [6, 6.07) is 0. The quantitative estimate of drug-likeness (QED) is 0.499. The smallest absolute Gasteiger partial charge is 0.0244 e. The molecule has 0 nitrogen and oxygen atoms in total. The molecular formula is C9H12. The fourth-order valence-electron chi connectivity index (χ4n) is 0.974. The van der Waals surface area contributed by atoms with E-state index in [1.807, 2.05) is 0 Å². The highest BCUT2D eigenvalue weighted by Crippen LogP contribution is 2.11. The van der Waals surface area contributed by atoms with Gasteiger partial charge >= 0.3 is 0 Å². The van der Waals surface area contributed by atoms with Gasteiger partial charge in [0.25, 0.3) is 0 Å². The van der Waals surface area contributed by atoms with Gasteiger partial charge in [-0.25, -0.2) is 0 Å². The van der Waals surface area contributed by atoms with Gasteiger partial charge in [0.2, 0.25) is 0 Å². The summed E-state index contributed by atoms with van der Waals surface area (Å²) in [5.41, 5.74) is 1.44. The Morgan fingerprint density at radius 1 is 1.56 bits per heavy atom. The van der Waals surface area contributed by atoms with Crippen LogP contribution in [-0.4, -0.2) is 0 Å². The lowest BCUT2D eigenvalue weighted by Crippen LogP contribution is -1.81. The minimum atomic E-state index is 1.20. The largest absolute Gasteiger partial charge is 0.0874 e. The molecular weight excluding hydrogens is 108 g/mol. The van der Waals surface area contributed by atoms with Crippen molar-refractivity contribution in [1.82, 2.24) is 0 Å². The molecule has 0 saturated heterocycles. The molecule has 0 atom stereocenters. The average molecular weight is 120 g/mol. The maximum absolute atomic E-state index is 2.20. The van der Waals surface area contributed by atoms with Crippen molar-refractivity contribution in [1.29, 1.82) is 0 Å². The summed E-state index contributed by atoms with van der Waals surface area (Å²) in [5, 5.41) is 0. The lowest BCUT2D eigenvalue weighted by molar-refractivity contribution is 0.990. The van der Waals surface area contributed by atoms with Crippen molar-refractivity contribution in [3.63, 3.8) is 0 Å². The monoisotopic (exact) mass is 120 g/mol. The number of hydrogen-bond acceptors (Lipinski definition) is 0. The Kier molecular flexibility index (Phi) is 2.32. The number of allylic oxidation sites excluding steroid dienone is 6. The molecule has 1 rings (SSSR count). The Morgan fingerprint density at radius 3 is 3.00 bits per heavy atom. The van der Waals surface area contributed by atoms with Gasteiger partial charge in [-0.05, 0) is 25.3 Å². The molecule has 0 aromatic carbocycles. The Bertz CT molecular complexity index is 159. The molecule has 0 amide bonds. The Morgan fingerprint density at radius 2 is 2.44 bits per heavy atom. The first-order valence-electron chi connectivity index (χ1n) is 3.42. The lowest BCUT2D eigenvalue weighted by atomic mass is 10.1. The van der Waals surface area contributed by atoms with Crippen LogP contribution in [0.4, 0.5) is 0 Å². The highest BCUT2D eigenvalue weighted by molar-refractivity contribution is 5.26. The standard InChI is InChI=1S/C9H12/c1-2-6-9-7-4-3-5-8-9/h2-4,6-7H,5,8H2,1H3/b6-2+. The molecule has 0 fully saturated rings. The van der Waals surface area contributed by atoms with Crippen LogP contribution in [0, 0.1) is 0 Å². The van der Waals surface area contributed by atoms with Crippen LogP contribution in [0.25, 0.3) is 0 Å². The van der Waals surface area contributed by atoms with Crippen molar-refractivity contribution >= 4 is 0 Å². The van der Waals surface area contributed by atoms with E-state index < -0.39 is 0 Å². The molecule has 0 aromatic heterocycles. The summed E-state index contributed by atoms with van der Waals surface area (Å²) in [4.78, 5) is 0. The third-order valence-corrected chi connectivity index (χ3v) is 1.43. The zero-order chi connectivity index (χ0) is 6.53. The van der Waals surface area contributed by atoms with Gasteiger partial charge in [0, 0.05) is 0 Å². The van der Waals surface area contributed by atoms with E-state index in [4.69, 9.17) is 0 Å². The SMILES string of the molecule is C/C=C/C1=CC=CCC1. The molecule has 1 aliphatic rings. The second-order valence-electron chi connectivity index (χ2n) is 2.21. The first-order valence-corrected chi connectivity index (χ1v) is 3.42. The molecule has 0 heteroatoms. The van der Waals surface area contributed by atoms with E-state index >= 15 is 0 Å². The molecule has 0 unspecified atom stereocenters. The van der Waals surface area contributed by atoms with Crippen LogP contribution in [0.3, 0.4) is 0 Å². The van der Waals surface area contributed by atoms with Crippen molar-refractivity contribution in [3.05, 3.63) is 36.0 Å². The zero-order valence-corrected chi connectivity index (χ0v) is 5.80. The van der Waals surface area contributed by atoms with Gasteiger partial charge in [0.1, 0.15) is 0 Å². The van der Waals surface area contributed by atoms with E-state index in [9.17, 15) is 0 Å². The highest BCUT2D eigenvalue weighted by atomic mass is 14.0. The Hall–Kier alpha value is -0.780. The van der Waals surface area contributed by atoms with E-state index in [-0.39, 0.29) is 0 Å². The van der Waals surface area contributed by atoms with Crippen molar-refractivity contribution < 1.29 is 0 Å². The zero-order valence-electron chi connectivity index (χ0n) is 5.80. The van der Waals surface area contributed by atoms with E-state index in [0.29, 0.717) is 0 Å². The first kappa shape index (κ1) is 6.34. The minimum Gasteiger partial charge on any atom is -0.0874 e. The maximum atomic E-state index is 2.20. The van der Waals surface area contributed by atoms with Gasteiger partial charge in [0.05, 0.1) is 0 Å². The fourth-order valence-corrected chi connectivity index (χ4v) is 0.974. The van der Waals surface area contributed by atoms with Crippen LogP contribution >= 0.6 is 0 Å². The molecule has 0 saturated carbocycles. The third-order valence-electron chi connectivity index (χ3n) is 1.43. The van der Waals surface area contributed by atoms with Crippen molar-refractivity contribution in [3.8, 4) is 0 Å². The Balaban J connectivity index is 2.57. The van der Waals surface area contributed by atoms with Gasteiger partial charge < -0.3 is 0 Å². The second-order valence-corrected chi connectivity index (χ2v) is 2.21. The van der Waals surface area contributed by atoms with Gasteiger partial charge in [-0.3, -0.25) is 0 Å². The lowest BCUT2D eigenvalue weighted by Gasteiger charge is -2.01. The normalized spacial score (nSPS) is 18.6. The summed E-state index contributed by atoms with van der Waals surface area (Å²) in [7, 11) is 0. The fraction of sp³-hybridized carbons (Fsp3) is 0.333. The molecule has 0 heterocycles. The first-order chi connectivity index (χ1) is 4.43. The van der Waals surface area contributed by atoms with Crippen molar-refractivity contribution in [2.75, 3.05) is 0 Å². The van der Waals surface area contributed by atoms with Crippen LogP contribution in [0.5, 0.6) is 0 Å². The van der Waals surface area contributed by atoms with E-state index in [2.05, 4.69) is 37.3 Å². The van der Waals surface area contributed by atoms with Crippen molar-refractivity contribution in [2.24, 2.45) is 0 Å². The average Bonchev–Trinajstić information content (AvgIpc) is 1.91. The van der Waals surface area contributed by atoms with Crippen LogP contribution in [0.1, 0.15) is 19.8 Å². The summed E-state index contributed by atoms with van der Waals surface area (Å²) >= 11 is 0. The highest BCUT2D eigenvalue weighted by Gasteiger charge is 1.91.